The lowest BCUT2D eigenvalue weighted by Crippen LogP contribution is -2.14. The minimum atomic E-state index is -0.762. The van der Waals surface area contributed by atoms with Crippen LogP contribution in [-0.4, -0.2) is 28.5 Å². The van der Waals surface area contributed by atoms with Gasteiger partial charge in [-0.25, -0.2) is 0 Å². The quantitative estimate of drug-likeness (QED) is 0.719. The second kappa shape index (κ2) is 8.58. The molecule has 2 N–H and O–H groups in total. The predicted octanol–water partition coefficient (Wildman–Crippen LogP) is 2.92. The summed E-state index contributed by atoms with van der Waals surface area (Å²) in [7, 11) is 0. The maximum atomic E-state index is 11.6. The Bertz CT molecular complexity index is 434. The fraction of sp³-hybridized carbons (Fsp3) is 0.429. The zero-order valence-electron chi connectivity index (χ0n) is 11.0. The molecule has 19 heavy (non-hydrogen) atoms. The third-order valence-electron chi connectivity index (χ3n) is 2.46. The Kier molecular flexibility index (Phi) is 7.03. The normalized spacial score (nSPS) is 10.2. The van der Waals surface area contributed by atoms with Crippen LogP contribution in [0.1, 0.15) is 24.8 Å². The first kappa shape index (κ1) is 15.6. The molecule has 0 atom stereocenters. The van der Waals surface area contributed by atoms with Crippen molar-refractivity contribution in [2.24, 2.45) is 0 Å². The van der Waals surface area contributed by atoms with Gasteiger partial charge in [-0.2, -0.15) is 11.8 Å². The molecule has 0 aliphatic carbocycles. The van der Waals surface area contributed by atoms with E-state index in [1.165, 1.54) is 11.8 Å². The van der Waals surface area contributed by atoms with Crippen LogP contribution in [0.15, 0.2) is 24.3 Å². The van der Waals surface area contributed by atoms with Gasteiger partial charge in [0, 0.05) is 12.1 Å². The minimum Gasteiger partial charge on any atom is -0.481 e. The predicted molar refractivity (Wildman–Crippen MR) is 78.6 cm³/mol. The van der Waals surface area contributed by atoms with Crippen LogP contribution < -0.4 is 5.32 Å². The molecule has 1 amide bonds. The molecule has 0 aromatic heterocycles. The molecule has 0 spiro atoms. The van der Waals surface area contributed by atoms with Crippen molar-refractivity contribution in [3.05, 3.63) is 29.8 Å². The average Bonchev–Trinajstić information content (AvgIpc) is 2.33. The minimum absolute atomic E-state index is 0.0196. The summed E-state index contributed by atoms with van der Waals surface area (Å²) in [5, 5.41) is 11.3. The van der Waals surface area contributed by atoms with Gasteiger partial charge < -0.3 is 10.4 Å². The van der Waals surface area contributed by atoms with Gasteiger partial charge in [0.15, 0.2) is 0 Å². The van der Waals surface area contributed by atoms with Crippen molar-refractivity contribution in [2.45, 2.75) is 26.2 Å². The maximum Gasteiger partial charge on any atom is 0.303 e. The SMILES string of the molecule is Cc1cccc(NC(=O)CSCCCCC(=O)O)c1. The zero-order valence-corrected chi connectivity index (χ0v) is 11.8. The molecule has 0 aliphatic rings. The van der Waals surface area contributed by atoms with Gasteiger partial charge in [-0.3, -0.25) is 9.59 Å². The van der Waals surface area contributed by atoms with Crippen LogP contribution in [0, 0.1) is 6.92 Å². The summed E-state index contributed by atoms with van der Waals surface area (Å²) < 4.78 is 0. The summed E-state index contributed by atoms with van der Waals surface area (Å²) in [6.07, 6.45) is 1.70. The lowest BCUT2D eigenvalue weighted by molar-refractivity contribution is -0.137. The van der Waals surface area contributed by atoms with E-state index in [4.69, 9.17) is 5.11 Å². The summed E-state index contributed by atoms with van der Waals surface area (Å²) >= 11 is 1.53. The molecule has 104 valence electrons. The number of carboxylic acids is 1. The highest BCUT2D eigenvalue weighted by Gasteiger charge is 2.03. The highest BCUT2D eigenvalue weighted by molar-refractivity contribution is 7.99. The summed E-state index contributed by atoms with van der Waals surface area (Å²) in [4.78, 5) is 21.9. The number of thioether (sulfide) groups is 1. The Morgan fingerprint density at radius 1 is 1.32 bits per heavy atom. The highest BCUT2D eigenvalue weighted by Crippen LogP contribution is 2.11. The van der Waals surface area contributed by atoms with Crippen molar-refractivity contribution in [1.82, 2.24) is 0 Å². The topological polar surface area (TPSA) is 66.4 Å². The Hall–Kier alpha value is -1.49. The third-order valence-corrected chi connectivity index (χ3v) is 3.51. The second-order valence-electron chi connectivity index (χ2n) is 4.32. The van der Waals surface area contributed by atoms with Gasteiger partial charge in [-0.15, -0.1) is 0 Å². The van der Waals surface area contributed by atoms with Crippen molar-refractivity contribution in [3.8, 4) is 0 Å². The average molecular weight is 281 g/mol. The lowest BCUT2D eigenvalue weighted by Gasteiger charge is -2.05. The van der Waals surface area contributed by atoms with Gasteiger partial charge in [-0.05, 0) is 43.2 Å². The summed E-state index contributed by atoms with van der Waals surface area (Å²) in [6.45, 7) is 1.98. The van der Waals surface area contributed by atoms with Crippen molar-refractivity contribution in [3.63, 3.8) is 0 Å². The molecular formula is C14H19NO3S. The fourth-order valence-corrected chi connectivity index (χ4v) is 2.38. The van der Waals surface area contributed by atoms with E-state index in [1.54, 1.807) is 0 Å². The summed E-state index contributed by atoms with van der Waals surface area (Å²) in [6, 6.07) is 7.68. The monoisotopic (exact) mass is 281 g/mol. The molecule has 1 aromatic rings. The highest BCUT2D eigenvalue weighted by atomic mass is 32.2. The largest absolute Gasteiger partial charge is 0.481 e. The number of hydrogen-bond donors (Lipinski definition) is 2. The van der Waals surface area contributed by atoms with E-state index in [0.717, 1.165) is 23.4 Å². The van der Waals surface area contributed by atoms with Crippen LogP contribution in [0.5, 0.6) is 0 Å². The van der Waals surface area contributed by atoms with E-state index >= 15 is 0 Å². The van der Waals surface area contributed by atoms with Crippen molar-refractivity contribution >= 4 is 29.3 Å². The fourth-order valence-electron chi connectivity index (χ4n) is 1.57. The van der Waals surface area contributed by atoms with Gasteiger partial charge in [0.1, 0.15) is 0 Å². The van der Waals surface area contributed by atoms with Crippen LogP contribution in [0.4, 0.5) is 5.69 Å². The number of benzene rings is 1. The molecule has 0 saturated heterocycles. The molecule has 0 heterocycles. The van der Waals surface area contributed by atoms with Crippen LogP contribution in [0.3, 0.4) is 0 Å². The van der Waals surface area contributed by atoms with Crippen LogP contribution in [0.2, 0.25) is 0 Å². The van der Waals surface area contributed by atoms with Crippen LogP contribution in [-0.2, 0) is 9.59 Å². The lowest BCUT2D eigenvalue weighted by atomic mass is 10.2. The molecule has 0 saturated carbocycles. The number of nitrogens with one attached hydrogen (secondary N) is 1. The number of aryl methyl sites for hydroxylation is 1. The number of anilines is 1. The first-order valence-electron chi connectivity index (χ1n) is 6.24. The number of aliphatic carboxylic acids is 1. The van der Waals surface area contributed by atoms with E-state index in [1.807, 2.05) is 31.2 Å². The molecule has 0 fully saturated rings. The molecule has 0 bridgehead atoms. The Labute approximate surface area is 117 Å². The first-order valence-corrected chi connectivity index (χ1v) is 7.39. The first-order chi connectivity index (χ1) is 9.08. The number of carboxylic acid groups (broad SMARTS) is 1. The maximum absolute atomic E-state index is 11.6. The Morgan fingerprint density at radius 3 is 2.79 bits per heavy atom. The molecule has 1 aromatic carbocycles. The van der Waals surface area contributed by atoms with E-state index in [-0.39, 0.29) is 12.3 Å². The molecule has 0 aliphatic heterocycles. The zero-order chi connectivity index (χ0) is 14.1. The standard InChI is InChI=1S/C14H19NO3S/c1-11-5-4-6-12(9-11)15-13(16)10-19-8-3-2-7-14(17)18/h4-6,9H,2-3,7-8,10H2,1H3,(H,15,16)(H,17,18). The summed E-state index contributed by atoms with van der Waals surface area (Å²) in [5.74, 6) is 0.436. The van der Waals surface area contributed by atoms with E-state index in [2.05, 4.69) is 5.32 Å². The molecule has 0 unspecified atom stereocenters. The number of rotatable bonds is 8. The number of hydrogen-bond acceptors (Lipinski definition) is 3. The molecular weight excluding hydrogens is 262 g/mol. The van der Waals surface area contributed by atoms with E-state index < -0.39 is 5.97 Å². The van der Waals surface area contributed by atoms with Gasteiger partial charge in [0.25, 0.3) is 0 Å². The molecule has 0 radical (unpaired) electrons. The van der Waals surface area contributed by atoms with Gasteiger partial charge in [0.05, 0.1) is 5.75 Å². The second-order valence-corrected chi connectivity index (χ2v) is 5.43. The van der Waals surface area contributed by atoms with Crippen molar-refractivity contribution < 1.29 is 14.7 Å². The molecule has 5 heteroatoms. The summed E-state index contributed by atoms with van der Waals surface area (Å²) in [5.41, 5.74) is 1.93. The van der Waals surface area contributed by atoms with Gasteiger partial charge in [0.2, 0.25) is 5.91 Å². The van der Waals surface area contributed by atoms with Crippen molar-refractivity contribution in [2.75, 3.05) is 16.8 Å². The van der Waals surface area contributed by atoms with Crippen LogP contribution in [0.25, 0.3) is 0 Å². The van der Waals surface area contributed by atoms with E-state index in [0.29, 0.717) is 12.2 Å². The third kappa shape index (κ3) is 7.51. The molecule has 4 nitrogen and oxygen atoms in total. The Morgan fingerprint density at radius 2 is 2.11 bits per heavy atom. The van der Waals surface area contributed by atoms with Crippen LogP contribution >= 0.6 is 11.8 Å². The van der Waals surface area contributed by atoms with Crippen molar-refractivity contribution in [1.29, 1.82) is 0 Å². The number of carbonyl (C=O) groups is 2. The Balaban J connectivity index is 2.13. The molecule has 1 rings (SSSR count). The smallest absolute Gasteiger partial charge is 0.303 e. The van der Waals surface area contributed by atoms with Gasteiger partial charge >= 0.3 is 5.97 Å². The van der Waals surface area contributed by atoms with E-state index in [9.17, 15) is 9.59 Å². The number of amides is 1. The van der Waals surface area contributed by atoms with Gasteiger partial charge in [-0.1, -0.05) is 12.1 Å². The number of carbonyl (C=O) groups excluding carboxylic acids is 1. The number of unbranched alkanes of at least 4 members (excludes halogenated alkanes) is 1.